The molecule has 21 heavy (non-hydrogen) atoms. The summed E-state index contributed by atoms with van der Waals surface area (Å²) < 4.78 is 16.6. The van der Waals surface area contributed by atoms with E-state index in [1.54, 1.807) is 14.2 Å². The largest absolute Gasteiger partial charge is 0.493 e. The summed E-state index contributed by atoms with van der Waals surface area (Å²) in [6, 6.07) is 5.46. The number of methoxy groups -OCH3 is 2. The zero-order valence-electron chi connectivity index (χ0n) is 12.6. The van der Waals surface area contributed by atoms with Gasteiger partial charge in [-0.05, 0) is 18.6 Å². The molecule has 6 nitrogen and oxygen atoms in total. The lowest BCUT2D eigenvalue weighted by molar-refractivity contribution is 0.340. The maximum absolute atomic E-state index is 5.95. The van der Waals surface area contributed by atoms with Gasteiger partial charge in [0, 0.05) is 7.05 Å². The summed E-state index contributed by atoms with van der Waals surface area (Å²) in [5.41, 5.74) is 0.896. The molecule has 0 unspecified atom stereocenters. The van der Waals surface area contributed by atoms with Gasteiger partial charge in [-0.2, -0.15) is 0 Å². The normalized spacial score (nSPS) is 10.1. The Morgan fingerprint density at radius 3 is 2.29 bits per heavy atom. The van der Waals surface area contributed by atoms with E-state index in [1.807, 2.05) is 32.2 Å². The van der Waals surface area contributed by atoms with Gasteiger partial charge in [0.25, 0.3) is 0 Å². The number of nitrogens with zero attached hydrogens (tertiary/aromatic N) is 2. The van der Waals surface area contributed by atoms with Crippen LogP contribution in [-0.4, -0.2) is 31.2 Å². The molecule has 0 spiro atoms. The van der Waals surface area contributed by atoms with Crippen molar-refractivity contribution in [2.24, 2.45) is 0 Å². The van der Waals surface area contributed by atoms with Gasteiger partial charge in [-0.3, -0.25) is 0 Å². The van der Waals surface area contributed by atoms with Crippen LogP contribution in [0.25, 0.3) is 0 Å². The molecule has 1 N–H and O–H groups in total. The summed E-state index contributed by atoms with van der Waals surface area (Å²) in [6.07, 6.45) is 2.20. The van der Waals surface area contributed by atoms with Gasteiger partial charge >= 0.3 is 0 Å². The Hall–Kier alpha value is -2.50. The zero-order chi connectivity index (χ0) is 15.2. The van der Waals surface area contributed by atoms with E-state index in [1.165, 1.54) is 6.33 Å². The van der Waals surface area contributed by atoms with E-state index in [0.717, 1.165) is 17.8 Å². The SMILES string of the molecule is CCc1c(NC)ncnc1Oc1c(OC)cccc1OC. The first-order valence-electron chi connectivity index (χ1n) is 6.65. The molecule has 0 aliphatic carbocycles. The first-order valence-corrected chi connectivity index (χ1v) is 6.65. The van der Waals surface area contributed by atoms with Gasteiger partial charge in [-0.15, -0.1) is 0 Å². The molecule has 0 saturated carbocycles. The number of hydrogen-bond donors (Lipinski definition) is 1. The number of hydrogen-bond acceptors (Lipinski definition) is 6. The van der Waals surface area contributed by atoms with Crippen LogP contribution in [0.1, 0.15) is 12.5 Å². The highest BCUT2D eigenvalue weighted by Crippen LogP contribution is 2.40. The van der Waals surface area contributed by atoms with Crippen molar-refractivity contribution in [3.05, 3.63) is 30.1 Å². The maximum Gasteiger partial charge on any atom is 0.228 e. The monoisotopic (exact) mass is 289 g/mol. The number of para-hydroxylation sites is 1. The predicted octanol–water partition coefficient (Wildman–Crippen LogP) is 2.89. The number of rotatable bonds is 6. The molecule has 1 aromatic carbocycles. The molecule has 0 fully saturated rings. The van der Waals surface area contributed by atoms with Crippen molar-refractivity contribution < 1.29 is 14.2 Å². The van der Waals surface area contributed by atoms with Gasteiger partial charge in [-0.25, -0.2) is 9.97 Å². The van der Waals surface area contributed by atoms with Gasteiger partial charge in [0.15, 0.2) is 11.5 Å². The smallest absolute Gasteiger partial charge is 0.228 e. The summed E-state index contributed by atoms with van der Waals surface area (Å²) in [5.74, 6) is 2.90. The maximum atomic E-state index is 5.95. The fourth-order valence-corrected chi connectivity index (χ4v) is 2.03. The van der Waals surface area contributed by atoms with Crippen LogP contribution >= 0.6 is 0 Å². The second-order valence-electron chi connectivity index (χ2n) is 4.20. The van der Waals surface area contributed by atoms with Crippen LogP contribution in [0.5, 0.6) is 23.1 Å². The molecule has 2 aromatic rings. The first kappa shape index (κ1) is 14.9. The molecule has 0 bridgehead atoms. The van der Waals surface area contributed by atoms with Crippen molar-refractivity contribution in [1.29, 1.82) is 0 Å². The van der Waals surface area contributed by atoms with Gasteiger partial charge in [0.2, 0.25) is 11.6 Å². The molecule has 0 aliphatic heterocycles. The molecular formula is C15H19N3O3. The average Bonchev–Trinajstić information content (AvgIpc) is 2.54. The predicted molar refractivity (Wildman–Crippen MR) is 80.6 cm³/mol. The minimum atomic E-state index is 0.486. The molecule has 6 heteroatoms. The van der Waals surface area contributed by atoms with E-state index in [0.29, 0.717) is 23.1 Å². The van der Waals surface area contributed by atoms with Crippen LogP contribution in [0, 0.1) is 0 Å². The summed E-state index contributed by atoms with van der Waals surface area (Å²) in [5, 5.41) is 3.04. The third-order valence-electron chi connectivity index (χ3n) is 3.08. The lowest BCUT2D eigenvalue weighted by atomic mass is 10.2. The minimum absolute atomic E-state index is 0.486. The standard InChI is InChI=1S/C15H19N3O3/c1-5-10-14(16-2)17-9-18-15(10)21-13-11(19-3)7-6-8-12(13)20-4/h6-9H,5H2,1-4H3,(H,16,17,18). The van der Waals surface area contributed by atoms with Crippen LogP contribution in [0.4, 0.5) is 5.82 Å². The van der Waals surface area contributed by atoms with Crippen molar-refractivity contribution in [2.45, 2.75) is 13.3 Å². The van der Waals surface area contributed by atoms with Crippen molar-refractivity contribution in [2.75, 3.05) is 26.6 Å². The Kier molecular flexibility index (Phi) is 4.81. The number of nitrogens with one attached hydrogen (secondary N) is 1. The van der Waals surface area contributed by atoms with Crippen LogP contribution in [0.3, 0.4) is 0 Å². The Morgan fingerprint density at radius 2 is 1.76 bits per heavy atom. The Balaban J connectivity index is 2.47. The molecule has 112 valence electrons. The minimum Gasteiger partial charge on any atom is -0.493 e. The van der Waals surface area contributed by atoms with Crippen LogP contribution in [0.15, 0.2) is 24.5 Å². The van der Waals surface area contributed by atoms with E-state index in [-0.39, 0.29) is 0 Å². The zero-order valence-corrected chi connectivity index (χ0v) is 12.6. The summed E-state index contributed by atoms with van der Waals surface area (Å²) >= 11 is 0. The van der Waals surface area contributed by atoms with Gasteiger partial charge < -0.3 is 19.5 Å². The van der Waals surface area contributed by atoms with E-state index < -0.39 is 0 Å². The lowest BCUT2D eigenvalue weighted by Gasteiger charge is -2.15. The molecule has 0 atom stereocenters. The number of benzene rings is 1. The number of anilines is 1. The van der Waals surface area contributed by atoms with Gasteiger partial charge in [0.05, 0.1) is 19.8 Å². The molecule has 0 amide bonds. The summed E-state index contributed by atoms with van der Waals surface area (Å²) in [4.78, 5) is 8.41. The molecular weight excluding hydrogens is 270 g/mol. The Labute approximate surface area is 124 Å². The van der Waals surface area contributed by atoms with Crippen molar-refractivity contribution in [1.82, 2.24) is 9.97 Å². The number of aromatic nitrogens is 2. The highest BCUT2D eigenvalue weighted by molar-refractivity contribution is 5.55. The Bertz CT molecular complexity index is 595. The highest BCUT2D eigenvalue weighted by Gasteiger charge is 2.17. The van der Waals surface area contributed by atoms with E-state index in [9.17, 15) is 0 Å². The second-order valence-corrected chi connectivity index (χ2v) is 4.20. The molecule has 0 radical (unpaired) electrons. The topological polar surface area (TPSA) is 65.5 Å². The second kappa shape index (κ2) is 6.78. The Morgan fingerprint density at radius 1 is 1.10 bits per heavy atom. The molecule has 1 aromatic heterocycles. The fourth-order valence-electron chi connectivity index (χ4n) is 2.03. The quantitative estimate of drug-likeness (QED) is 0.882. The van der Waals surface area contributed by atoms with Crippen LogP contribution in [0.2, 0.25) is 0 Å². The van der Waals surface area contributed by atoms with E-state index in [2.05, 4.69) is 15.3 Å². The third-order valence-corrected chi connectivity index (χ3v) is 3.08. The van der Waals surface area contributed by atoms with Gasteiger partial charge in [0.1, 0.15) is 12.1 Å². The highest BCUT2D eigenvalue weighted by atomic mass is 16.5. The van der Waals surface area contributed by atoms with Crippen molar-refractivity contribution in [3.8, 4) is 23.1 Å². The fraction of sp³-hybridized carbons (Fsp3) is 0.333. The van der Waals surface area contributed by atoms with Crippen LogP contribution in [-0.2, 0) is 6.42 Å². The van der Waals surface area contributed by atoms with Crippen molar-refractivity contribution in [3.63, 3.8) is 0 Å². The van der Waals surface area contributed by atoms with E-state index >= 15 is 0 Å². The van der Waals surface area contributed by atoms with Gasteiger partial charge in [-0.1, -0.05) is 13.0 Å². The molecule has 2 rings (SSSR count). The first-order chi connectivity index (χ1) is 10.2. The average molecular weight is 289 g/mol. The third kappa shape index (κ3) is 2.99. The molecule has 0 saturated heterocycles. The molecule has 1 heterocycles. The van der Waals surface area contributed by atoms with Crippen molar-refractivity contribution >= 4 is 5.82 Å². The molecule has 0 aliphatic rings. The van der Waals surface area contributed by atoms with E-state index in [4.69, 9.17) is 14.2 Å². The summed E-state index contributed by atoms with van der Waals surface area (Å²) in [7, 11) is 4.98. The lowest BCUT2D eigenvalue weighted by Crippen LogP contribution is -2.03. The summed E-state index contributed by atoms with van der Waals surface area (Å²) in [6.45, 7) is 2.02. The number of ether oxygens (including phenoxy) is 3. The van der Waals surface area contributed by atoms with Crippen LogP contribution < -0.4 is 19.5 Å².